The molecule has 1 atom stereocenters. The molecule has 4 rings (SSSR count). The molecular weight excluding hydrogens is 398 g/mol. The molecule has 0 radical (unpaired) electrons. The molecule has 1 saturated heterocycles. The fourth-order valence-electron chi connectivity index (χ4n) is 4.26. The van der Waals surface area contributed by atoms with Crippen LogP contribution in [0.3, 0.4) is 0 Å². The van der Waals surface area contributed by atoms with E-state index in [-0.39, 0.29) is 30.9 Å². The summed E-state index contributed by atoms with van der Waals surface area (Å²) in [5.74, 6) is 0.597. The predicted octanol–water partition coefficient (Wildman–Crippen LogP) is 2.07. The van der Waals surface area contributed by atoms with Crippen LogP contribution in [0.5, 0.6) is 11.5 Å². The molecule has 2 aromatic carbocycles. The maximum Gasteiger partial charge on any atom is 0.327 e. The smallest absolute Gasteiger partial charge is 0.327 e. The number of hydrogen-bond donors (Lipinski definition) is 0. The molecule has 0 bridgehead atoms. The minimum atomic E-state index is -0.446. The SMILES string of the molecule is COc1cc2c(cc1OC)[C@@H](c1ccccc1)N(C(=O)CN1C(=O)CN(C)C1=O)CC2. The molecule has 1 fully saturated rings. The zero-order valence-electron chi connectivity index (χ0n) is 17.8. The first-order valence-corrected chi connectivity index (χ1v) is 10.1. The van der Waals surface area contributed by atoms with Crippen molar-refractivity contribution in [2.45, 2.75) is 12.5 Å². The number of ether oxygens (including phenoxy) is 2. The summed E-state index contributed by atoms with van der Waals surface area (Å²) in [5.41, 5.74) is 2.96. The van der Waals surface area contributed by atoms with Crippen LogP contribution in [0.2, 0.25) is 0 Å². The van der Waals surface area contributed by atoms with Gasteiger partial charge in [0.1, 0.15) is 13.1 Å². The van der Waals surface area contributed by atoms with Gasteiger partial charge in [-0.15, -0.1) is 0 Å². The summed E-state index contributed by atoms with van der Waals surface area (Å²) >= 11 is 0. The summed E-state index contributed by atoms with van der Waals surface area (Å²) in [7, 11) is 4.72. The Hall–Kier alpha value is -3.55. The van der Waals surface area contributed by atoms with Crippen LogP contribution >= 0.6 is 0 Å². The van der Waals surface area contributed by atoms with Gasteiger partial charge >= 0.3 is 6.03 Å². The highest BCUT2D eigenvalue weighted by molar-refractivity contribution is 6.04. The van der Waals surface area contributed by atoms with Crippen molar-refractivity contribution in [3.8, 4) is 11.5 Å². The molecule has 0 aromatic heterocycles. The van der Waals surface area contributed by atoms with Crippen molar-refractivity contribution in [3.63, 3.8) is 0 Å². The summed E-state index contributed by atoms with van der Waals surface area (Å²) in [6, 6.07) is 12.8. The number of methoxy groups -OCH3 is 2. The lowest BCUT2D eigenvalue weighted by molar-refractivity contribution is -0.138. The average molecular weight is 423 g/mol. The summed E-state index contributed by atoms with van der Waals surface area (Å²) in [4.78, 5) is 41.8. The lowest BCUT2D eigenvalue weighted by atomic mass is 9.87. The van der Waals surface area contributed by atoms with E-state index in [1.807, 2.05) is 42.5 Å². The molecule has 2 aliphatic rings. The van der Waals surface area contributed by atoms with Crippen molar-refractivity contribution in [2.24, 2.45) is 0 Å². The number of rotatable bonds is 5. The fraction of sp³-hybridized carbons (Fsp3) is 0.348. The third-order valence-electron chi connectivity index (χ3n) is 5.83. The first kappa shape index (κ1) is 20.7. The molecule has 8 heteroatoms. The molecule has 0 aliphatic carbocycles. The van der Waals surface area contributed by atoms with Gasteiger partial charge in [0.15, 0.2) is 11.5 Å². The van der Waals surface area contributed by atoms with Crippen molar-refractivity contribution in [1.82, 2.24) is 14.7 Å². The van der Waals surface area contributed by atoms with Crippen LogP contribution in [0, 0.1) is 0 Å². The molecule has 4 amide bonds. The number of amides is 4. The van der Waals surface area contributed by atoms with Crippen LogP contribution in [0.4, 0.5) is 4.79 Å². The highest BCUT2D eigenvalue weighted by Crippen LogP contribution is 2.41. The number of likely N-dealkylation sites (N-methyl/N-ethyl adjacent to an activating group) is 1. The second kappa shape index (κ2) is 8.29. The van der Waals surface area contributed by atoms with Gasteiger partial charge in [-0.05, 0) is 35.2 Å². The monoisotopic (exact) mass is 423 g/mol. The topological polar surface area (TPSA) is 79.4 Å². The lowest BCUT2D eigenvalue weighted by Crippen LogP contribution is -2.47. The van der Waals surface area contributed by atoms with E-state index in [9.17, 15) is 14.4 Å². The standard InChI is InChI=1S/C23H25N3O5/c1-24-13-20(27)26(23(24)29)14-21(28)25-10-9-16-11-18(30-2)19(31-3)12-17(16)22(25)15-7-5-4-6-8-15/h4-8,11-12,22H,9-10,13-14H2,1-3H3/t22-/m1/s1. The molecule has 0 N–H and O–H groups in total. The predicted molar refractivity (Wildman–Crippen MR) is 113 cm³/mol. The van der Waals surface area contributed by atoms with Gasteiger partial charge in [-0.25, -0.2) is 4.79 Å². The van der Waals surface area contributed by atoms with E-state index in [1.54, 1.807) is 26.2 Å². The van der Waals surface area contributed by atoms with Crippen LogP contribution in [-0.4, -0.2) is 73.4 Å². The van der Waals surface area contributed by atoms with E-state index in [1.165, 1.54) is 4.90 Å². The number of imide groups is 1. The van der Waals surface area contributed by atoms with E-state index in [0.29, 0.717) is 24.5 Å². The molecule has 0 unspecified atom stereocenters. The van der Waals surface area contributed by atoms with Gasteiger partial charge in [0.05, 0.1) is 20.3 Å². The molecule has 2 aromatic rings. The summed E-state index contributed by atoms with van der Waals surface area (Å²) in [5, 5.41) is 0. The van der Waals surface area contributed by atoms with E-state index in [2.05, 4.69) is 0 Å². The van der Waals surface area contributed by atoms with Gasteiger partial charge in [0, 0.05) is 13.6 Å². The van der Waals surface area contributed by atoms with Gasteiger partial charge < -0.3 is 19.3 Å². The van der Waals surface area contributed by atoms with Crippen LogP contribution in [0.15, 0.2) is 42.5 Å². The third kappa shape index (κ3) is 3.69. The molecule has 0 saturated carbocycles. The van der Waals surface area contributed by atoms with Crippen molar-refractivity contribution in [1.29, 1.82) is 0 Å². The number of urea groups is 1. The number of fused-ring (bicyclic) bond motifs is 1. The zero-order chi connectivity index (χ0) is 22.1. The Morgan fingerprint density at radius 2 is 1.74 bits per heavy atom. The summed E-state index contributed by atoms with van der Waals surface area (Å²) in [6.45, 7) is 0.189. The highest BCUT2D eigenvalue weighted by atomic mass is 16.5. The maximum absolute atomic E-state index is 13.3. The minimum Gasteiger partial charge on any atom is -0.493 e. The average Bonchev–Trinajstić information content (AvgIpc) is 3.03. The number of nitrogens with zero attached hydrogens (tertiary/aromatic N) is 3. The number of carbonyl (C=O) groups is 3. The minimum absolute atomic E-state index is 0.00590. The number of carbonyl (C=O) groups excluding carboxylic acids is 3. The zero-order valence-corrected chi connectivity index (χ0v) is 17.8. The van der Waals surface area contributed by atoms with Gasteiger partial charge in [-0.1, -0.05) is 30.3 Å². The second-order valence-electron chi connectivity index (χ2n) is 7.67. The maximum atomic E-state index is 13.3. The number of benzene rings is 2. The number of hydrogen-bond acceptors (Lipinski definition) is 5. The van der Waals surface area contributed by atoms with Gasteiger partial charge in [-0.3, -0.25) is 14.5 Å². The largest absolute Gasteiger partial charge is 0.493 e. The second-order valence-corrected chi connectivity index (χ2v) is 7.67. The van der Waals surface area contributed by atoms with Crippen LogP contribution in [0.1, 0.15) is 22.7 Å². The molecule has 31 heavy (non-hydrogen) atoms. The summed E-state index contributed by atoms with van der Waals surface area (Å²) in [6.07, 6.45) is 0.632. The van der Waals surface area contributed by atoms with E-state index in [0.717, 1.165) is 21.6 Å². The van der Waals surface area contributed by atoms with Gasteiger partial charge in [0.25, 0.3) is 5.91 Å². The van der Waals surface area contributed by atoms with E-state index in [4.69, 9.17) is 9.47 Å². The van der Waals surface area contributed by atoms with Crippen LogP contribution in [-0.2, 0) is 16.0 Å². The van der Waals surface area contributed by atoms with Crippen molar-refractivity contribution >= 4 is 17.8 Å². The normalized spacial score (nSPS) is 18.3. The Labute approximate surface area is 180 Å². The molecule has 2 heterocycles. The first-order chi connectivity index (χ1) is 14.9. The highest BCUT2D eigenvalue weighted by Gasteiger charge is 2.39. The van der Waals surface area contributed by atoms with Crippen LogP contribution < -0.4 is 9.47 Å². The van der Waals surface area contributed by atoms with Crippen molar-refractivity contribution in [2.75, 3.05) is 40.9 Å². The Morgan fingerprint density at radius 1 is 1.06 bits per heavy atom. The van der Waals surface area contributed by atoms with Gasteiger partial charge in [0.2, 0.25) is 5.91 Å². The van der Waals surface area contributed by atoms with E-state index >= 15 is 0 Å². The third-order valence-corrected chi connectivity index (χ3v) is 5.83. The Kier molecular flexibility index (Phi) is 5.54. The molecule has 162 valence electrons. The Bertz CT molecular complexity index is 1020. The molecule has 0 spiro atoms. The lowest BCUT2D eigenvalue weighted by Gasteiger charge is -2.38. The molecular formula is C23H25N3O5. The van der Waals surface area contributed by atoms with Crippen molar-refractivity contribution in [3.05, 3.63) is 59.2 Å². The fourth-order valence-corrected chi connectivity index (χ4v) is 4.26. The van der Waals surface area contributed by atoms with Crippen molar-refractivity contribution < 1.29 is 23.9 Å². The Balaban J connectivity index is 1.72. The summed E-state index contributed by atoms with van der Waals surface area (Å²) < 4.78 is 10.9. The quantitative estimate of drug-likeness (QED) is 0.688. The van der Waals surface area contributed by atoms with E-state index < -0.39 is 6.03 Å². The molecule has 8 nitrogen and oxygen atoms in total. The Morgan fingerprint density at radius 3 is 2.35 bits per heavy atom. The van der Waals surface area contributed by atoms with Crippen LogP contribution in [0.25, 0.3) is 0 Å². The van der Waals surface area contributed by atoms with Gasteiger partial charge in [-0.2, -0.15) is 0 Å². The first-order valence-electron chi connectivity index (χ1n) is 10.1. The molecule has 2 aliphatic heterocycles.